The van der Waals surface area contributed by atoms with Crippen molar-refractivity contribution < 1.29 is 9.53 Å². The minimum absolute atomic E-state index is 0.0130. The standard InChI is InChI=1S/C17H24N2O2/c1-10(13-5-3-4-6-14(13)21-2)19-17(20)15-11-7-8-12(9-11)16(15)18/h3-6,10-12,15-16H,7-9,18H2,1-2H3,(H,19,20)/t10-,11?,12?,15?,16?/m1/s1. The summed E-state index contributed by atoms with van der Waals surface area (Å²) < 4.78 is 5.37. The van der Waals surface area contributed by atoms with Gasteiger partial charge in [-0.3, -0.25) is 4.79 Å². The highest BCUT2D eigenvalue weighted by molar-refractivity contribution is 5.81. The Morgan fingerprint density at radius 2 is 2.05 bits per heavy atom. The second-order valence-electron chi connectivity index (χ2n) is 6.41. The molecule has 1 aromatic rings. The van der Waals surface area contributed by atoms with Crippen molar-refractivity contribution >= 4 is 5.91 Å². The number of rotatable bonds is 4. The molecule has 2 aliphatic rings. The van der Waals surface area contributed by atoms with Crippen LogP contribution in [0.15, 0.2) is 24.3 Å². The Balaban J connectivity index is 1.70. The summed E-state index contributed by atoms with van der Waals surface area (Å²) in [5.41, 5.74) is 7.25. The molecule has 2 saturated carbocycles. The van der Waals surface area contributed by atoms with E-state index in [9.17, 15) is 4.79 Å². The van der Waals surface area contributed by atoms with Crippen molar-refractivity contribution in [2.45, 2.75) is 38.3 Å². The lowest BCUT2D eigenvalue weighted by atomic mass is 9.84. The van der Waals surface area contributed by atoms with Crippen LogP contribution in [0.3, 0.4) is 0 Å². The van der Waals surface area contributed by atoms with E-state index in [2.05, 4.69) is 5.32 Å². The topological polar surface area (TPSA) is 64.3 Å². The van der Waals surface area contributed by atoms with Crippen molar-refractivity contribution in [1.82, 2.24) is 5.32 Å². The first kappa shape index (κ1) is 14.4. The molecule has 4 unspecified atom stereocenters. The average molecular weight is 288 g/mol. The second kappa shape index (κ2) is 5.68. The van der Waals surface area contributed by atoms with E-state index in [1.165, 1.54) is 6.42 Å². The molecule has 1 aromatic carbocycles. The van der Waals surface area contributed by atoms with Gasteiger partial charge in [-0.25, -0.2) is 0 Å². The smallest absolute Gasteiger partial charge is 0.225 e. The number of ether oxygens (including phenoxy) is 1. The van der Waals surface area contributed by atoms with E-state index in [0.29, 0.717) is 11.8 Å². The monoisotopic (exact) mass is 288 g/mol. The van der Waals surface area contributed by atoms with Crippen LogP contribution in [0.4, 0.5) is 0 Å². The van der Waals surface area contributed by atoms with Gasteiger partial charge >= 0.3 is 0 Å². The molecule has 0 spiro atoms. The summed E-state index contributed by atoms with van der Waals surface area (Å²) in [5, 5.41) is 3.13. The maximum atomic E-state index is 12.6. The van der Waals surface area contributed by atoms with Crippen molar-refractivity contribution in [3.05, 3.63) is 29.8 Å². The van der Waals surface area contributed by atoms with Gasteiger partial charge in [0.15, 0.2) is 0 Å². The number of carbonyl (C=O) groups excluding carboxylic acids is 1. The fraction of sp³-hybridized carbons (Fsp3) is 0.588. The molecule has 4 nitrogen and oxygen atoms in total. The highest BCUT2D eigenvalue weighted by Crippen LogP contribution is 2.47. The Morgan fingerprint density at radius 3 is 2.71 bits per heavy atom. The molecule has 0 aliphatic heterocycles. The van der Waals surface area contributed by atoms with Gasteiger partial charge in [0.05, 0.1) is 19.1 Å². The fourth-order valence-electron chi connectivity index (χ4n) is 4.14. The van der Waals surface area contributed by atoms with Gasteiger partial charge < -0.3 is 15.8 Å². The number of nitrogens with two attached hydrogens (primary N) is 1. The van der Waals surface area contributed by atoms with Crippen molar-refractivity contribution in [2.75, 3.05) is 7.11 Å². The van der Waals surface area contributed by atoms with Crippen molar-refractivity contribution in [1.29, 1.82) is 0 Å². The second-order valence-corrected chi connectivity index (χ2v) is 6.41. The molecule has 21 heavy (non-hydrogen) atoms. The zero-order valence-electron chi connectivity index (χ0n) is 12.7. The predicted molar refractivity (Wildman–Crippen MR) is 81.8 cm³/mol. The maximum absolute atomic E-state index is 12.6. The molecular formula is C17H24N2O2. The van der Waals surface area contributed by atoms with Gasteiger partial charge in [-0.05, 0) is 44.1 Å². The van der Waals surface area contributed by atoms with Gasteiger partial charge in [0, 0.05) is 11.6 Å². The van der Waals surface area contributed by atoms with Gasteiger partial charge in [-0.2, -0.15) is 0 Å². The molecule has 5 atom stereocenters. The summed E-state index contributed by atoms with van der Waals surface area (Å²) >= 11 is 0. The molecule has 1 amide bonds. The molecular weight excluding hydrogens is 264 g/mol. The summed E-state index contributed by atoms with van der Waals surface area (Å²) in [6.45, 7) is 1.99. The SMILES string of the molecule is COc1ccccc1[C@@H](C)NC(=O)C1C2CCC(C2)C1N. The zero-order valence-corrected chi connectivity index (χ0v) is 12.7. The highest BCUT2D eigenvalue weighted by atomic mass is 16.5. The Bertz CT molecular complexity index is 529. The van der Waals surface area contributed by atoms with E-state index >= 15 is 0 Å². The van der Waals surface area contributed by atoms with Crippen molar-refractivity contribution in [2.24, 2.45) is 23.5 Å². The molecule has 0 heterocycles. The lowest BCUT2D eigenvalue weighted by Gasteiger charge is -2.28. The Hall–Kier alpha value is -1.55. The third-order valence-corrected chi connectivity index (χ3v) is 5.25. The summed E-state index contributed by atoms with van der Waals surface area (Å²) in [4.78, 5) is 12.6. The number of para-hydroxylation sites is 1. The summed E-state index contributed by atoms with van der Waals surface area (Å²) in [5.74, 6) is 1.93. The number of hydrogen-bond donors (Lipinski definition) is 2. The number of benzene rings is 1. The minimum atomic E-state index is -0.0695. The average Bonchev–Trinajstić information content (AvgIpc) is 3.07. The van der Waals surface area contributed by atoms with Crippen LogP contribution in [0.5, 0.6) is 5.75 Å². The summed E-state index contributed by atoms with van der Waals surface area (Å²) in [6, 6.07) is 7.77. The third kappa shape index (κ3) is 2.53. The van der Waals surface area contributed by atoms with Gasteiger partial charge in [-0.15, -0.1) is 0 Å². The van der Waals surface area contributed by atoms with Crippen molar-refractivity contribution in [3.8, 4) is 5.75 Å². The third-order valence-electron chi connectivity index (χ3n) is 5.25. The lowest BCUT2D eigenvalue weighted by molar-refractivity contribution is -0.127. The molecule has 4 heteroatoms. The van der Waals surface area contributed by atoms with E-state index in [0.717, 1.165) is 24.2 Å². The van der Waals surface area contributed by atoms with Crippen LogP contribution in [-0.2, 0) is 4.79 Å². The minimum Gasteiger partial charge on any atom is -0.496 e. The number of amides is 1. The molecule has 2 fully saturated rings. The Morgan fingerprint density at radius 1 is 1.33 bits per heavy atom. The summed E-state index contributed by atoms with van der Waals surface area (Å²) in [7, 11) is 1.65. The van der Waals surface area contributed by atoms with Crippen LogP contribution in [0.1, 0.15) is 37.8 Å². The molecule has 0 saturated heterocycles. The van der Waals surface area contributed by atoms with E-state index in [-0.39, 0.29) is 23.9 Å². The molecule has 3 N–H and O–H groups in total. The predicted octanol–water partition coefficient (Wildman–Crippen LogP) is 2.25. The quantitative estimate of drug-likeness (QED) is 0.893. The maximum Gasteiger partial charge on any atom is 0.225 e. The number of hydrogen-bond acceptors (Lipinski definition) is 3. The fourth-order valence-corrected chi connectivity index (χ4v) is 4.14. The van der Waals surface area contributed by atoms with Crippen LogP contribution in [0.2, 0.25) is 0 Å². The van der Waals surface area contributed by atoms with E-state index in [4.69, 9.17) is 10.5 Å². The van der Waals surface area contributed by atoms with Crippen LogP contribution < -0.4 is 15.8 Å². The number of nitrogens with one attached hydrogen (secondary N) is 1. The number of methoxy groups -OCH3 is 1. The zero-order chi connectivity index (χ0) is 15.0. The van der Waals surface area contributed by atoms with Crippen LogP contribution in [0, 0.1) is 17.8 Å². The van der Waals surface area contributed by atoms with Gasteiger partial charge in [0.1, 0.15) is 5.75 Å². The largest absolute Gasteiger partial charge is 0.496 e. The molecule has 0 aromatic heterocycles. The van der Waals surface area contributed by atoms with E-state index < -0.39 is 0 Å². The molecule has 0 radical (unpaired) electrons. The number of carbonyl (C=O) groups is 1. The van der Waals surface area contributed by atoms with Crippen LogP contribution in [-0.4, -0.2) is 19.1 Å². The first-order chi connectivity index (χ1) is 10.1. The molecule has 2 aliphatic carbocycles. The van der Waals surface area contributed by atoms with Gasteiger partial charge in [0.25, 0.3) is 0 Å². The lowest BCUT2D eigenvalue weighted by Crippen LogP contribution is -2.45. The van der Waals surface area contributed by atoms with Gasteiger partial charge in [-0.1, -0.05) is 18.2 Å². The Labute approximate surface area is 126 Å². The normalized spacial score (nSPS) is 32.0. The van der Waals surface area contributed by atoms with Crippen molar-refractivity contribution in [3.63, 3.8) is 0 Å². The molecule has 2 bridgehead atoms. The molecule has 114 valence electrons. The van der Waals surface area contributed by atoms with Crippen LogP contribution in [0.25, 0.3) is 0 Å². The Kier molecular flexibility index (Phi) is 3.89. The van der Waals surface area contributed by atoms with E-state index in [1.54, 1.807) is 7.11 Å². The first-order valence-corrected chi connectivity index (χ1v) is 7.80. The molecule has 3 rings (SSSR count). The van der Waals surface area contributed by atoms with Gasteiger partial charge in [0.2, 0.25) is 5.91 Å². The summed E-state index contributed by atoms with van der Waals surface area (Å²) in [6.07, 6.45) is 3.47. The number of fused-ring (bicyclic) bond motifs is 2. The van der Waals surface area contributed by atoms with Crippen LogP contribution >= 0.6 is 0 Å². The first-order valence-electron chi connectivity index (χ1n) is 7.80. The highest BCUT2D eigenvalue weighted by Gasteiger charge is 2.49. The van der Waals surface area contributed by atoms with E-state index in [1.807, 2.05) is 31.2 Å².